The van der Waals surface area contributed by atoms with Gasteiger partial charge in [-0.2, -0.15) is 4.58 Å². The Morgan fingerprint density at radius 3 is 2.59 bits per heavy atom. The first-order valence-electron chi connectivity index (χ1n) is 10.9. The number of para-hydroxylation sites is 1. The van der Waals surface area contributed by atoms with Crippen LogP contribution >= 0.6 is 0 Å². The lowest BCUT2D eigenvalue weighted by molar-refractivity contribution is -0.437. The van der Waals surface area contributed by atoms with Crippen LogP contribution < -0.4 is 5.63 Å². The van der Waals surface area contributed by atoms with Gasteiger partial charge in [0.05, 0.1) is 21.1 Å². The molecule has 1 aliphatic heterocycles. The molecule has 4 rings (SSSR count). The summed E-state index contributed by atoms with van der Waals surface area (Å²) in [4.78, 5) is 12.3. The molecular weight excluding hydrogens is 454 g/mol. The van der Waals surface area contributed by atoms with E-state index in [9.17, 15) is 22.9 Å². The maximum Gasteiger partial charge on any atom is 0.343 e. The molecule has 0 saturated carbocycles. The van der Waals surface area contributed by atoms with Crippen LogP contribution in [0.5, 0.6) is 5.75 Å². The summed E-state index contributed by atoms with van der Waals surface area (Å²) in [6.45, 7) is 4.58. The van der Waals surface area contributed by atoms with Gasteiger partial charge in [0, 0.05) is 41.3 Å². The number of fused-ring (bicyclic) bond motifs is 2. The minimum absolute atomic E-state index is 0.0245. The highest BCUT2D eigenvalue weighted by molar-refractivity contribution is 7.85. The number of hydrogen-bond acceptors (Lipinski definition) is 6. The molecule has 0 radical (unpaired) electrons. The zero-order valence-electron chi connectivity index (χ0n) is 18.9. The first kappa shape index (κ1) is 23.7. The minimum atomic E-state index is -4.28. The lowest BCUT2D eigenvalue weighted by Gasteiger charge is -2.15. The Morgan fingerprint density at radius 2 is 1.82 bits per heavy atom. The Hall–Kier alpha value is -3.49. The normalized spacial score (nSPS) is 15.6. The van der Waals surface area contributed by atoms with Gasteiger partial charge in [-0.15, -0.1) is 0 Å². The SMILES string of the molecule is CC1(C)C(/C=C/C=C/c2cc3ccc(O)cc3oc2=O)=[N+](CCCS(=O)(=O)[O-])c2ccccc21. The molecule has 34 heavy (non-hydrogen) atoms. The number of aromatic hydroxyl groups is 1. The van der Waals surface area contributed by atoms with Crippen molar-refractivity contribution >= 4 is 38.6 Å². The lowest BCUT2D eigenvalue weighted by atomic mass is 9.81. The third-order valence-corrected chi connectivity index (χ3v) is 6.75. The number of allylic oxidation sites excluding steroid dienone is 3. The molecule has 2 heterocycles. The van der Waals surface area contributed by atoms with E-state index in [0.29, 0.717) is 23.1 Å². The van der Waals surface area contributed by atoms with Gasteiger partial charge in [-0.3, -0.25) is 0 Å². The van der Waals surface area contributed by atoms with Crippen LogP contribution in [0.2, 0.25) is 0 Å². The fourth-order valence-electron chi connectivity index (χ4n) is 4.32. The fourth-order valence-corrected chi connectivity index (χ4v) is 4.80. The largest absolute Gasteiger partial charge is 0.748 e. The molecule has 1 N–H and O–H groups in total. The van der Waals surface area contributed by atoms with Crippen LogP contribution in [-0.4, -0.2) is 40.7 Å². The van der Waals surface area contributed by atoms with Gasteiger partial charge in [-0.1, -0.05) is 30.4 Å². The number of benzene rings is 2. The molecule has 0 atom stereocenters. The van der Waals surface area contributed by atoms with Gasteiger partial charge in [-0.25, -0.2) is 13.2 Å². The van der Waals surface area contributed by atoms with E-state index in [0.717, 1.165) is 17.0 Å². The van der Waals surface area contributed by atoms with Crippen molar-refractivity contribution in [3.05, 3.63) is 88.3 Å². The average Bonchev–Trinajstić information content (AvgIpc) is 2.97. The van der Waals surface area contributed by atoms with Crippen LogP contribution in [0.1, 0.15) is 31.4 Å². The Balaban J connectivity index is 1.64. The van der Waals surface area contributed by atoms with Gasteiger partial charge < -0.3 is 14.1 Å². The summed E-state index contributed by atoms with van der Waals surface area (Å²) in [7, 11) is -4.28. The molecule has 0 saturated heterocycles. The summed E-state index contributed by atoms with van der Waals surface area (Å²) in [6.07, 6.45) is 7.37. The number of hydrogen-bond donors (Lipinski definition) is 1. The average molecular weight is 480 g/mol. The van der Waals surface area contributed by atoms with Crippen LogP contribution in [0.25, 0.3) is 17.0 Å². The van der Waals surface area contributed by atoms with E-state index >= 15 is 0 Å². The molecule has 176 valence electrons. The molecule has 8 heteroatoms. The molecule has 0 aliphatic carbocycles. The predicted octanol–water partition coefficient (Wildman–Crippen LogP) is 4.08. The van der Waals surface area contributed by atoms with Crippen molar-refractivity contribution in [2.75, 3.05) is 12.3 Å². The fraction of sp³-hybridized carbons (Fsp3) is 0.231. The summed E-state index contributed by atoms with van der Waals surface area (Å²) in [6, 6.07) is 14.2. The van der Waals surface area contributed by atoms with Gasteiger partial charge in [0.25, 0.3) is 0 Å². The van der Waals surface area contributed by atoms with Gasteiger partial charge in [-0.05, 0) is 38.1 Å². The Morgan fingerprint density at radius 1 is 1.09 bits per heavy atom. The summed E-state index contributed by atoms with van der Waals surface area (Å²) >= 11 is 0. The highest BCUT2D eigenvalue weighted by atomic mass is 32.2. The predicted molar refractivity (Wildman–Crippen MR) is 131 cm³/mol. The molecule has 7 nitrogen and oxygen atoms in total. The lowest BCUT2D eigenvalue weighted by Crippen LogP contribution is -2.28. The summed E-state index contributed by atoms with van der Waals surface area (Å²) in [5, 5.41) is 10.2. The van der Waals surface area contributed by atoms with E-state index in [1.807, 2.05) is 41.0 Å². The second kappa shape index (κ2) is 9.04. The molecule has 1 aromatic heterocycles. The van der Waals surface area contributed by atoms with Gasteiger partial charge in [0.15, 0.2) is 5.71 Å². The third-order valence-electron chi connectivity index (χ3n) is 5.96. The van der Waals surface area contributed by atoms with Crippen molar-refractivity contribution in [1.82, 2.24) is 0 Å². The van der Waals surface area contributed by atoms with E-state index in [1.165, 1.54) is 12.1 Å². The van der Waals surface area contributed by atoms with Gasteiger partial charge in [0.2, 0.25) is 5.69 Å². The van der Waals surface area contributed by atoms with Crippen LogP contribution in [0.15, 0.2) is 76.0 Å². The molecule has 0 spiro atoms. The van der Waals surface area contributed by atoms with Crippen LogP contribution in [0.3, 0.4) is 0 Å². The van der Waals surface area contributed by atoms with E-state index in [2.05, 4.69) is 13.8 Å². The maximum atomic E-state index is 12.3. The second-order valence-electron chi connectivity index (χ2n) is 8.72. The number of phenolic OH excluding ortho intramolecular Hbond substituents is 1. The summed E-state index contributed by atoms with van der Waals surface area (Å²) in [5.41, 5.74) is 2.90. The topological polar surface area (TPSA) is 111 Å². The molecule has 0 bridgehead atoms. The number of phenols is 1. The molecular formula is C26H25NO6S. The van der Waals surface area contributed by atoms with Gasteiger partial charge >= 0.3 is 5.63 Å². The first-order valence-corrected chi connectivity index (χ1v) is 12.4. The Labute approximate surface area is 197 Å². The summed E-state index contributed by atoms with van der Waals surface area (Å²) in [5.74, 6) is -0.394. The molecule has 0 fully saturated rings. The highest BCUT2D eigenvalue weighted by Crippen LogP contribution is 2.39. The van der Waals surface area contributed by atoms with Crippen molar-refractivity contribution in [3.63, 3.8) is 0 Å². The number of nitrogens with zero attached hydrogens (tertiary/aromatic N) is 1. The maximum absolute atomic E-state index is 12.3. The first-order chi connectivity index (χ1) is 16.1. The van der Waals surface area contributed by atoms with E-state index < -0.39 is 21.5 Å². The van der Waals surface area contributed by atoms with E-state index in [1.54, 1.807) is 24.3 Å². The third kappa shape index (κ3) is 4.88. The molecule has 0 amide bonds. The quantitative estimate of drug-likeness (QED) is 0.237. The Bertz CT molecular complexity index is 1510. The van der Waals surface area contributed by atoms with Crippen LogP contribution in [0, 0.1) is 0 Å². The van der Waals surface area contributed by atoms with Crippen molar-refractivity contribution in [2.45, 2.75) is 25.7 Å². The van der Waals surface area contributed by atoms with Crippen molar-refractivity contribution in [3.8, 4) is 5.75 Å². The zero-order chi connectivity index (χ0) is 24.5. The number of rotatable bonds is 7. The molecule has 2 aromatic carbocycles. The molecule has 1 aliphatic rings. The standard InChI is InChI=1S/C26H25NO6S/c1-26(2)21-9-4-5-10-22(21)27(14-7-15-34(30,31)32)24(26)11-6-3-8-19-16-18-12-13-20(28)17-23(18)33-25(19)29/h3-6,8-13,16-17H,7,14-15H2,1-2H3,(H,30,31,32). The van der Waals surface area contributed by atoms with Crippen molar-refractivity contribution in [2.24, 2.45) is 0 Å². The van der Waals surface area contributed by atoms with Crippen molar-refractivity contribution < 1.29 is 27.1 Å². The monoisotopic (exact) mass is 479 g/mol. The minimum Gasteiger partial charge on any atom is -0.748 e. The smallest absolute Gasteiger partial charge is 0.343 e. The van der Waals surface area contributed by atoms with E-state index in [4.69, 9.17) is 4.42 Å². The highest BCUT2D eigenvalue weighted by Gasteiger charge is 2.43. The molecule has 0 unspecified atom stereocenters. The van der Waals surface area contributed by atoms with Crippen molar-refractivity contribution in [1.29, 1.82) is 0 Å². The second-order valence-corrected chi connectivity index (χ2v) is 10.2. The molecule has 3 aromatic rings. The Kier molecular flexibility index (Phi) is 6.29. The zero-order valence-corrected chi connectivity index (χ0v) is 19.7. The summed E-state index contributed by atoms with van der Waals surface area (Å²) < 4.78 is 40.6. The van der Waals surface area contributed by atoms with Crippen LogP contribution in [-0.2, 0) is 15.5 Å². The van der Waals surface area contributed by atoms with Crippen LogP contribution in [0.4, 0.5) is 5.69 Å². The van der Waals surface area contributed by atoms with Gasteiger partial charge in [0.1, 0.15) is 17.9 Å². The van der Waals surface area contributed by atoms with E-state index in [-0.39, 0.29) is 17.6 Å².